The molecule has 0 aliphatic rings. The summed E-state index contributed by atoms with van der Waals surface area (Å²) in [4.78, 5) is 17.9. The average molecular weight is 454 g/mol. The van der Waals surface area contributed by atoms with E-state index in [4.69, 9.17) is 32.7 Å². The Morgan fingerprint density at radius 3 is 2.23 bits per heavy atom. The third-order valence-electron chi connectivity index (χ3n) is 5.17. The highest BCUT2D eigenvalue weighted by Gasteiger charge is 2.52. The van der Waals surface area contributed by atoms with Crippen molar-refractivity contribution in [2.75, 3.05) is 7.11 Å². The Hall–Kier alpha value is -2.11. The topological polar surface area (TPSA) is 48.4 Å². The summed E-state index contributed by atoms with van der Waals surface area (Å²) in [6, 6.07) is 10.8. The lowest BCUT2D eigenvalue weighted by Gasteiger charge is -2.41. The number of allylic oxidation sites excluding steroid dienone is 1. The Morgan fingerprint density at radius 1 is 1.10 bits per heavy atom. The molecule has 162 valence electrons. The minimum Gasteiger partial charge on any atom is -0.468 e. The monoisotopic (exact) mass is 453 g/mol. The van der Waals surface area contributed by atoms with E-state index in [1.807, 2.05) is 27.7 Å². The average Bonchev–Trinajstić information content (AvgIpc) is 2.69. The molecule has 7 heteroatoms. The van der Waals surface area contributed by atoms with Crippen LogP contribution in [0.5, 0.6) is 11.6 Å². The fourth-order valence-corrected chi connectivity index (χ4v) is 4.08. The zero-order valence-corrected chi connectivity index (χ0v) is 19.2. The summed E-state index contributed by atoms with van der Waals surface area (Å²) in [5.74, 6) is -0.678. The normalized spacial score (nSPS) is 14.2. The highest BCUT2D eigenvalue weighted by molar-refractivity contribution is 6.55. The number of rotatable bonds is 8. The van der Waals surface area contributed by atoms with Gasteiger partial charge < -0.3 is 9.47 Å². The highest BCUT2D eigenvalue weighted by Crippen LogP contribution is 2.45. The minimum absolute atomic E-state index is 0.00229. The van der Waals surface area contributed by atoms with Gasteiger partial charge in [0, 0.05) is 12.0 Å². The molecule has 2 atom stereocenters. The summed E-state index contributed by atoms with van der Waals surface area (Å²) < 4.78 is 24.3. The molecule has 1 aromatic heterocycles. The summed E-state index contributed by atoms with van der Waals surface area (Å²) in [5.41, 5.74) is -0.673. The Kier molecular flexibility index (Phi) is 8.27. The number of esters is 1. The van der Waals surface area contributed by atoms with Crippen LogP contribution in [0.3, 0.4) is 0 Å². The fourth-order valence-electron chi connectivity index (χ4n) is 3.81. The molecule has 0 aliphatic carbocycles. The zero-order valence-electron chi connectivity index (χ0n) is 17.7. The predicted octanol–water partition coefficient (Wildman–Crippen LogP) is 6.67. The molecule has 0 aliphatic heterocycles. The summed E-state index contributed by atoms with van der Waals surface area (Å²) in [6.07, 6.45) is 1.67. The van der Waals surface area contributed by atoms with E-state index in [-0.39, 0.29) is 33.9 Å². The van der Waals surface area contributed by atoms with Crippen LogP contribution in [0.25, 0.3) is 0 Å². The molecule has 0 fully saturated rings. The predicted molar refractivity (Wildman–Crippen MR) is 117 cm³/mol. The third kappa shape index (κ3) is 5.13. The number of benzene rings is 1. The SMILES string of the molecule is COC(=O)C(c1cccc(Oc2ccc(F)cc2)n1)(C(C)C)C(C=C(Cl)Cl)C(C)C. The number of methoxy groups -OCH3 is 1. The lowest BCUT2D eigenvalue weighted by molar-refractivity contribution is -0.152. The summed E-state index contributed by atoms with van der Waals surface area (Å²) in [5, 5.41) is 0. The van der Waals surface area contributed by atoms with Crippen molar-refractivity contribution in [1.82, 2.24) is 4.98 Å². The summed E-state index contributed by atoms with van der Waals surface area (Å²) in [7, 11) is 1.35. The fraction of sp³-hybridized carbons (Fsp3) is 0.391. The molecule has 1 aromatic carbocycles. The second kappa shape index (κ2) is 10.3. The van der Waals surface area contributed by atoms with Crippen molar-refractivity contribution in [3.63, 3.8) is 0 Å². The van der Waals surface area contributed by atoms with Crippen molar-refractivity contribution in [3.8, 4) is 11.6 Å². The smallest absolute Gasteiger partial charge is 0.318 e. The Bertz CT molecular complexity index is 896. The molecule has 0 bridgehead atoms. The molecule has 0 saturated carbocycles. The van der Waals surface area contributed by atoms with Crippen molar-refractivity contribution >= 4 is 29.2 Å². The van der Waals surface area contributed by atoms with Gasteiger partial charge in [-0.1, -0.05) is 57.0 Å². The van der Waals surface area contributed by atoms with Gasteiger partial charge in [-0.2, -0.15) is 0 Å². The number of aromatic nitrogens is 1. The molecular weight excluding hydrogens is 428 g/mol. The van der Waals surface area contributed by atoms with Gasteiger partial charge in [0.05, 0.1) is 12.8 Å². The van der Waals surface area contributed by atoms with Crippen molar-refractivity contribution in [2.24, 2.45) is 17.8 Å². The molecule has 1 heterocycles. The van der Waals surface area contributed by atoms with Crippen LogP contribution in [0.2, 0.25) is 0 Å². The molecule has 2 aromatic rings. The lowest BCUT2D eigenvalue weighted by Crippen LogP contribution is -2.50. The third-order valence-corrected chi connectivity index (χ3v) is 5.42. The largest absolute Gasteiger partial charge is 0.468 e. The van der Waals surface area contributed by atoms with E-state index in [1.54, 1.807) is 24.3 Å². The van der Waals surface area contributed by atoms with Crippen LogP contribution in [0, 0.1) is 23.6 Å². The van der Waals surface area contributed by atoms with Gasteiger partial charge in [0.15, 0.2) is 0 Å². The van der Waals surface area contributed by atoms with Gasteiger partial charge in [-0.25, -0.2) is 9.37 Å². The minimum atomic E-state index is -1.15. The highest BCUT2D eigenvalue weighted by atomic mass is 35.5. The molecule has 0 amide bonds. The number of nitrogens with zero attached hydrogens (tertiary/aromatic N) is 1. The van der Waals surface area contributed by atoms with E-state index in [9.17, 15) is 9.18 Å². The Labute approximate surface area is 187 Å². The molecule has 0 N–H and O–H groups in total. The molecule has 0 radical (unpaired) electrons. The van der Waals surface area contributed by atoms with E-state index in [0.29, 0.717) is 11.4 Å². The van der Waals surface area contributed by atoms with Gasteiger partial charge in [0.2, 0.25) is 5.88 Å². The van der Waals surface area contributed by atoms with Gasteiger partial charge in [0.25, 0.3) is 0 Å². The maximum Gasteiger partial charge on any atom is 0.318 e. The van der Waals surface area contributed by atoms with Crippen LogP contribution in [0.1, 0.15) is 33.4 Å². The first-order chi connectivity index (χ1) is 14.1. The molecule has 30 heavy (non-hydrogen) atoms. The van der Waals surface area contributed by atoms with Crippen LogP contribution in [0.15, 0.2) is 53.0 Å². The molecule has 0 spiro atoms. The number of carbonyl (C=O) groups excluding carboxylic acids is 1. The first kappa shape index (κ1) is 24.2. The second-order valence-electron chi connectivity index (χ2n) is 7.66. The van der Waals surface area contributed by atoms with E-state index in [1.165, 1.54) is 31.4 Å². The van der Waals surface area contributed by atoms with Gasteiger partial charge >= 0.3 is 5.97 Å². The van der Waals surface area contributed by atoms with Gasteiger partial charge in [-0.3, -0.25) is 4.79 Å². The van der Waals surface area contributed by atoms with Crippen LogP contribution in [0.4, 0.5) is 4.39 Å². The van der Waals surface area contributed by atoms with E-state index in [0.717, 1.165) is 0 Å². The number of hydrogen-bond donors (Lipinski definition) is 0. The van der Waals surface area contributed by atoms with Crippen LogP contribution in [-0.2, 0) is 14.9 Å². The number of halogens is 3. The summed E-state index contributed by atoms with van der Waals surface area (Å²) >= 11 is 12.0. The second-order valence-corrected chi connectivity index (χ2v) is 8.67. The number of hydrogen-bond acceptors (Lipinski definition) is 4. The molecule has 2 unspecified atom stereocenters. The van der Waals surface area contributed by atoms with E-state index in [2.05, 4.69) is 4.98 Å². The standard InChI is InChI=1S/C23H26Cl2FNO3/c1-14(2)18(13-20(24)25)23(15(3)4,22(28)29-5)19-7-6-8-21(27-19)30-17-11-9-16(26)10-12-17/h6-15,18H,1-5H3. The first-order valence-corrected chi connectivity index (χ1v) is 10.4. The van der Waals surface area contributed by atoms with Crippen LogP contribution in [-0.4, -0.2) is 18.1 Å². The number of ether oxygens (including phenoxy) is 2. The quantitative estimate of drug-likeness (QED) is 0.418. The molecular formula is C23H26Cl2FNO3. The van der Waals surface area contributed by atoms with Crippen molar-refractivity contribution in [2.45, 2.75) is 33.1 Å². The number of carbonyl (C=O) groups is 1. The Balaban J connectivity index is 2.65. The van der Waals surface area contributed by atoms with Gasteiger partial charge in [-0.05, 0) is 48.2 Å². The Morgan fingerprint density at radius 2 is 1.73 bits per heavy atom. The molecule has 2 rings (SSSR count). The zero-order chi connectivity index (χ0) is 22.5. The van der Waals surface area contributed by atoms with Crippen LogP contribution < -0.4 is 4.74 Å². The van der Waals surface area contributed by atoms with E-state index < -0.39 is 11.4 Å². The maximum atomic E-state index is 13.3. The molecule has 4 nitrogen and oxygen atoms in total. The van der Waals surface area contributed by atoms with Gasteiger partial charge in [-0.15, -0.1) is 0 Å². The van der Waals surface area contributed by atoms with Crippen molar-refractivity contribution in [3.05, 3.63) is 64.5 Å². The van der Waals surface area contributed by atoms with Gasteiger partial charge in [0.1, 0.15) is 21.5 Å². The van der Waals surface area contributed by atoms with E-state index >= 15 is 0 Å². The van der Waals surface area contributed by atoms with Crippen molar-refractivity contribution < 1.29 is 18.7 Å². The summed E-state index contributed by atoms with van der Waals surface area (Å²) in [6.45, 7) is 7.82. The van der Waals surface area contributed by atoms with Crippen LogP contribution >= 0.6 is 23.2 Å². The maximum absolute atomic E-state index is 13.3. The lowest BCUT2D eigenvalue weighted by atomic mass is 9.61. The molecule has 0 saturated heterocycles. The number of pyridine rings is 1. The first-order valence-electron chi connectivity index (χ1n) is 9.65. The van der Waals surface area contributed by atoms with Crippen molar-refractivity contribution in [1.29, 1.82) is 0 Å².